The summed E-state index contributed by atoms with van der Waals surface area (Å²) in [6.07, 6.45) is 41.1. The zero-order chi connectivity index (χ0) is 43.3. The van der Waals surface area contributed by atoms with Gasteiger partial charge in [0.2, 0.25) is 0 Å². The standard InChI is InChI=1S/C48H92NO9P/c1-6-8-10-12-14-15-16-17-18-19-20-21-22-23-24-25-26-30-35-39-48(51)57-44(43-56-59(52,53)55-41-40-49(3,4)5)42-54-47(50)38-34-31-27-29-33-37-46-45(58-46)36-32-28-13-11-9-7-2/h28,32,44-46H,6-27,29-31,33-43H2,1-5H3/b32-28-/t44-,45?,46?/m1/s1. The van der Waals surface area contributed by atoms with Crippen molar-refractivity contribution >= 4 is 19.8 Å². The summed E-state index contributed by atoms with van der Waals surface area (Å²) in [6, 6.07) is 0. The van der Waals surface area contributed by atoms with E-state index in [1.165, 1.54) is 128 Å². The second kappa shape index (κ2) is 37.3. The van der Waals surface area contributed by atoms with E-state index in [0.717, 1.165) is 51.4 Å². The number of rotatable bonds is 44. The van der Waals surface area contributed by atoms with Gasteiger partial charge >= 0.3 is 11.9 Å². The number of esters is 2. The molecule has 3 unspecified atom stereocenters. The average Bonchev–Trinajstić information content (AvgIpc) is 3.94. The summed E-state index contributed by atoms with van der Waals surface area (Å²) in [5.74, 6) is -0.846. The monoisotopic (exact) mass is 858 g/mol. The lowest BCUT2D eigenvalue weighted by Gasteiger charge is -2.28. The molecule has 0 aliphatic carbocycles. The van der Waals surface area contributed by atoms with Crippen LogP contribution in [0.25, 0.3) is 0 Å². The highest BCUT2D eigenvalue weighted by atomic mass is 31.2. The predicted molar refractivity (Wildman–Crippen MR) is 240 cm³/mol. The highest BCUT2D eigenvalue weighted by Crippen LogP contribution is 2.38. The molecule has 1 heterocycles. The van der Waals surface area contributed by atoms with Crippen molar-refractivity contribution in [3.63, 3.8) is 0 Å². The lowest BCUT2D eigenvalue weighted by molar-refractivity contribution is -0.870. The summed E-state index contributed by atoms with van der Waals surface area (Å²) in [7, 11) is 1.16. The van der Waals surface area contributed by atoms with Crippen LogP contribution < -0.4 is 4.89 Å². The average molecular weight is 858 g/mol. The molecule has 1 rings (SSSR count). The molecule has 348 valence electrons. The van der Waals surface area contributed by atoms with Crippen molar-refractivity contribution in [2.75, 3.05) is 47.5 Å². The first-order valence-electron chi connectivity index (χ1n) is 24.5. The normalized spacial score (nSPS) is 17.0. The van der Waals surface area contributed by atoms with Crippen LogP contribution in [0.15, 0.2) is 12.2 Å². The Bertz CT molecular complexity index is 1080. The summed E-state index contributed by atoms with van der Waals surface area (Å²) < 4.78 is 39.8. The SMILES string of the molecule is CCCCC/C=C\CC1OC1CCCCCCCC(=O)OC[C@H](COP(=O)([O-])OCC[N+](C)(C)C)OC(=O)CCCCCCCCCCCCCCCCCCCCC. The highest BCUT2D eigenvalue weighted by molar-refractivity contribution is 7.45. The van der Waals surface area contributed by atoms with E-state index in [2.05, 4.69) is 26.0 Å². The third kappa shape index (κ3) is 38.1. The Labute approximate surface area is 362 Å². The number of carbonyl (C=O) groups excluding carboxylic acids is 2. The van der Waals surface area contributed by atoms with Crippen LogP contribution in [-0.2, 0) is 37.4 Å². The van der Waals surface area contributed by atoms with Gasteiger partial charge in [0.15, 0.2) is 6.10 Å². The molecule has 10 nitrogen and oxygen atoms in total. The van der Waals surface area contributed by atoms with Crippen molar-refractivity contribution in [1.82, 2.24) is 0 Å². The molecule has 0 radical (unpaired) electrons. The number of phosphoric acid groups is 1. The number of quaternary nitrogens is 1. The van der Waals surface area contributed by atoms with Crippen LogP contribution >= 0.6 is 7.82 Å². The first-order valence-corrected chi connectivity index (χ1v) is 26.0. The number of ether oxygens (including phenoxy) is 3. The van der Waals surface area contributed by atoms with Gasteiger partial charge in [-0.1, -0.05) is 180 Å². The molecule has 59 heavy (non-hydrogen) atoms. The summed E-state index contributed by atoms with van der Waals surface area (Å²) >= 11 is 0. The van der Waals surface area contributed by atoms with E-state index in [1.54, 1.807) is 0 Å². The molecule has 4 atom stereocenters. The molecule has 11 heteroatoms. The van der Waals surface area contributed by atoms with E-state index < -0.39 is 32.5 Å². The number of hydrogen-bond acceptors (Lipinski definition) is 9. The topological polar surface area (TPSA) is 124 Å². The number of carbonyl (C=O) groups is 2. The first kappa shape index (κ1) is 55.7. The minimum atomic E-state index is -4.63. The molecular formula is C48H92NO9P. The molecule has 0 amide bonds. The Morgan fingerprint density at radius 1 is 0.610 bits per heavy atom. The largest absolute Gasteiger partial charge is 0.756 e. The van der Waals surface area contributed by atoms with Crippen LogP contribution in [0, 0.1) is 0 Å². The number of epoxide rings is 1. The van der Waals surface area contributed by atoms with Crippen LogP contribution in [0.5, 0.6) is 0 Å². The molecule has 1 aliphatic heterocycles. The minimum absolute atomic E-state index is 0.0329. The van der Waals surface area contributed by atoms with Crippen molar-refractivity contribution in [3.05, 3.63) is 12.2 Å². The first-order chi connectivity index (χ1) is 28.5. The maximum absolute atomic E-state index is 12.7. The number of likely N-dealkylation sites (N-methyl/N-ethyl adjacent to an activating group) is 1. The number of unbranched alkanes of at least 4 members (excludes halogenated alkanes) is 25. The summed E-state index contributed by atoms with van der Waals surface area (Å²) in [4.78, 5) is 37.7. The third-order valence-electron chi connectivity index (χ3n) is 11.2. The molecule has 0 bridgehead atoms. The molecule has 0 aromatic heterocycles. The second-order valence-corrected chi connectivity index (χ2v) is 19.6. The molecule has 0 saturated carbocycles. The number of hydrogen-bond donors (Lipinski definition) is 0. The van der Waals surface area contributed by atoms with Crippen molar-refractivity contribution in [2.45, 2.75) is 238 Å². The number of allylic oxidation sites excluding steroid dienone is 1. The van der Waals surface area contributed by atoms with Gasteiger partial charge in [0, 0.05) is 12.8 Å². The van der Waals surface area contributed by atoms with Crippen molar-refractivity contribution in [3.8, 4) is 0 Å². The Hall–Kier alpha value is -1.29. The van der Waals surface area contributed by atoms with Gasteiger partial charge in [-0.2, -0.15) is 0 Å². The van der Waals surface area contributed by atoms with E-state index in [9.17, 15) is 19.0 Å². The molecular weight excluding hydrogens is 765 g/mol. The van der Waals surface area contributed by atoms with Gasteiger partial charge in [-0.05, 0) is 38.5 Å². The van der Waals surface area contributed by atoms with Crippen LogP contribution in [-0.4, -0.2) is 82.2 Å². The van der Waals surface area contributed by atoms with Crippen LogP contribution in [0.1, 0.15) is 219 Å². The van der Waals surface area contributed by atoms with Gasteiger partial charge in [0.25, 0.3) is 7.82 Å². The quantitative estimate of drug-likeness (QED) is 0.0147. The van der Waals surface area contributed by atoms with Gasteiger partial charge in [-0.3, -0.25) is 14.2 Å². The Kier molecular flexibility index (Phi) is 35.2. The predicted octanol–water partition coefficient (Wildman–Crippen LogP) is 12.5. The van der Waals surface area contributed by atoms with Crippen molar-refractivity contribution in [1.29, 1.82) is 0 Å². The minimum Gasteiger partial charge on any atom is -0.756 e. The molecule has 0 aromatic rings. The van der Waals surface area contributed by atoms with Gasteiger partial charge < -0.3 is 32.6 Å². The van der Waals surface area contributed by atoms with E-state index in [-0.39, 0.29) is 26.1 Å². The van der Waals surface area contributed by atoms with Crippen molar-refractivity contribution < 1.29 is 46.8 Å². The highest BCUT2D eigenvalue weighted by Gasteiger charge is 2.36. The fraction of sp³-hybridized carbons (Fsp3) is 0.917. The van der Waals surface area contributed by atoms with E-state index in [4.69, 9.17) is 23.3 Å². The molecule has 0 N–H and O–H groups in total. The van der Waals surface area contributed by atoms with Crippen LogP contribution in [0.2, 0.25) is 0 Å². The maximum atomic E-state index is 12.7. The summed E-state index contributed by atoms with van der Waals surface area (Å²) in [5, 5.41) is 0. The van der Waals surface area contributed by atoms with Crippen LogP contribution in [0.3, 0.4) is 0 Å². The lowest BCUT2D eigenvalue weighted by Crippen LogP contribution is -2.37. The van der Waals surface area contributed by atoms with Crippen LogP contribution in [0.4, 0.5) is 0 Å². The van der Waals surface area contributed by atoms with E-state index in [0.29, 0.717) is 36.1 Å². The Balaban J connectivity index is 2.22. The van der Waals surface area contributed by atoms with Gasteiger partial charge in [-0.25, -0.2) is 0 Å². The summed E-state index contributed by atoms with van der Waals surface area (Å²) in [6.45, 7) is 4.20. The van der Waals surface area contributed by atoms with Gasteiger partial charge in [0.1, 0.15) is 19.8 Å². The second-order valence-electron chi connectivity index (χ2n) is 18.2. The maximum Gasteiger partial charge on any atom is 0.306 e. The Morgan fingerprint density at radius 2 is 1.08 bits per heavy atom. The van der Waals surface area contributed by atoms with E-state index >= 15 is 0 Å². The molecule has 0 aromatic carbocycles. The fourth-order valence-electron chi connectivity index (χ4n) is 7.25. The molecule has 1 aliphatic rings. The Morgan fingerprint density at radius 3 is 1.61 bits per heavy atom. The fourth-order valence-corrected chi connectivity index (χ4v) is 7.98. The molecule has 1 fully saturated rings. The molecule has 0 spiro atoms. The van der Waals surface area contributed by atoms with Gasteiger partial charge in [0.05, 0.1) is 40.0 Å². The summed E-state index contributed by atoms with van der Waals surface area (Å²) in [5.41, 5.74) is 0. The third-order valence-corrected chi connectivity index (χ3v) is 12.2. The number of phosphoric ester groups is 1. The lowest BCUT2D eigenvalue weighted by atomic mass is 10.0. The van der Waals surface area contributed by atoms with E-state index in [1.807, 2.05) is 21.1 Å². The molecule has 1 saturated heterocycles. The zero-order valence-corrected chi connectivity index (χ0v) is 39.8. The van der Waals surface area contributed by atoms with Crippen molar-refractivity contribution in [2.24, 2.45) is 0 Å². The van der Waals surface area contributed by atoms with Gasteiger partial charge in [-0.15, -0.1) is 0 Å². The zero-order valence-electron chi connectivity index (χ0n) is 38.9. The smallest absolute Gasteiger partial charge is 0.306 e. The number of nitrogens with zero attached hydrogens (tertiary/aromatic N) is 1.